The van der Waals surface area contributed by atoms with Crippen LogP contribution < -0.4 is 5.32 Å². The summed E-state index contributed by atoms with van der Waals surface area (Å²) < 4.78 is 5.07. The fraction of sp³-hybridized carbons (Fsp3) is 0.364. The Balaban J connectivity index is 2.68. The van der Waals surface area contributed by atoms with Crippen LogP contribution in [0.3, 0.4) is 0 Å². The van der Waals surface area contributed by atoms with Gasteiger partial charge in [-0.05, 0) is 32.9 Å². The van der Waals surface area contributed by atoms with E-state index in [9.17, 15) is 4.79 Å². The Morgan fingerprint density at radius 1 is 1.59 bits per heavy atom. The van der Waals surface area contributed by atoms with Gasteiger partial charge in [0.2, 0.25) is 0 Å². The number of oxime groups is 1. The lowest BCUT2D eigenvalue weighted by molar-refractivity contribution is 0.0635. The maximum absolute atomic E-state index is 11.4. The second-order valence-corrected chi connectivity index (χ2v) is 4.35. The van der Waals surface area contributed by atoms with Gasteiger partial charge in [-0.15, -0.1) is 0 Å². The molecule has 0 aliphatic rings. The number of aromatic nitrogens is 1. The minimum atomic E-state index is -0.580. The number of hydrogen-bond acceptors (Lipinski definition) is 5. The molecule has 1 amide bonds. The Morgan fingerprint density at radius 3 is 2.88 bits per heavy atom. The molecule has 0 aliphatic heterocycles. The number of hydrogen-bond donors (Lipinski definition) is 2. The maximum atomic E-state index is 11.4. The number of carbonyl (C=O) groups excluding carboxylic acids is 1. The van der Waals surface area contributed by atoms with Crippen molar-refractivity contribution in [3.63, 3.8) is 0 Å². The van der Waals surface area contributed by atoms with Crippen molar-refractivity contribution in [2.45, 2.75) is 26.4 Å². The summed E-state index contributed by atoms with van der Waals surface area (Å²) in [5, 5.41) is 13.8. The Kier molecular flexibility index (Phi) is 4.03. The van der Waals surface area contributed by atoms with Gasteiger partial charge >= 0.3 is 6.09 Å². The van der Waals surface area contributed by atoms with Gasteiger partial charge in [0.1, 0.15) is 11.4 Å². The highest BCUT2D eigenvalue weighted by Crippen LogP contribution is 2.10. The molecule has 6 nitrogen and oxygen atoms in total. The van der Waals surface area contributed by atoms with Crippen LogP contribution in [0, 0.1) is 0 Å². The van der Waals surface area contributed by atoms with Crippen LogP contribution >= 0.6 is 0 Å². The molecule has 0 aliphatic carbocycles. The molecular weight excluding hydrogens is 222 g/mol. The highest BCUT2D eigenvalue weighted by Gasteiger charge is 2.16. The van der Waals surface area contributed by atoms with Crippen molar-refractivity contribution < 1.29 is 14.7 Å². The lowest BCUT2D eigenvalue weighted by Crippen LogP contribution is -2.27. The highest BCUT2D eigenvalue weighted by atomic mass is 16.6. The summed E-state index contributed by atoms with van der Waals surface area (Å²) >= 11 is 0. The topological polar surface area (TPSA) is 83.8 Å². The van der Waals surface area contributed by atoms with Crippen LogP contribution in [-0.4, -0.2) is 28.1 Å². The van der Waals surface area contributed by atoms with Crippen LogP contribution in [0.25, 0.3) is 0 Å². The van der Waals surface area contributed by atoms with E-state index >= 15 is 0 Å². The van der Waals surface area contributed by atoms with Crippen molar-refractivity contribution in [3.05, 3.63) is 23.9 Å². The smallest absolute Gasteiger partial charge is 0.413 e. The summed E-state index contributed by atoms with van der Waals surface area (Å²) in [4.78, 5) is 15.4. The predicted molar refractivity (Wildman–Crippen MR) is 63.5 cm³/mol. The summed E-state index contributed by atoms with van der Waals surface area (Å²) in [6, 6.07) is 3.20. The Hall–Kier alpha value is -2.11. The molecule has 1 aromatic rings. The van der Waals surface area contributed by atoms with E-state index in [0.717, 1.165) is 0 Å². The average molecular weight is 237 g/mol. The summed E-state index contributed by atoms with van der Waals surface area (Å²) in [5.41, 5.74) is 0.0578. The van der Waals surface area contributed by atoms with Crippen LogP contribution in [0.5, 0.6) is 0 Å². The molecule has 0 fully saturated rings. The fourth-order valence-electron chi connectivity index (χ4n) is 1.07. The summed E-state index contributed by atoms with van der Waals surface area (Å²) in [5.74, 6) is 0.330. The number of amides is 1. The van der Waals surface area contributed by atoms with Crippen molar-refractivity contribution in [2.24, 2.45) is 5.16 Å². The summed E-state index contributed by atoms with van der Waals surface area (Å²) in [6.45, 7) is 5.32. The molecular formula is C11H15N3O3. The number of nitrogens with zero attached hydrogens (tertiary/aromatic N) is 2. The van der Waals surface area contributed by atoms with Gasteiger partial charge in [-0.2, -0.15) is 0 Å². The van der Waals surface area contributed by atoms with E-state index in [-0.39, 0.29) is 0 Å². The van der Waals surface area contributed by atoms with Gasteiger partial charge in [0.05, 0.1) is 6.21 Å². The Morgan fingerprint density at radius 2 is 2.29 bits per heavy atom. The molecule has 92 valence electrons. The van der Waals surface area contributed by atoms with Crippen molar-refractivity contribution in [3.8, 4) is 0 Å². The minimum Gasteiger partial charge on any atom is -0.444 e. The largest absolute Gasteiger partial charge is 0.444 e. The fourth-order valence-corrected chi connectivity index (χ4v) is 1.07. The zero-order valence-electron chi connectivity index (χ0n) is 9.97. The van der Waals surface area contributed by atoms with Crippen LogP contribution in [0.15, 0.2) is 23.5 Å². The van der Waals surface area contributed by atoms with Crippen molar-refractivity contribution in [2.75, 3.05) is 5.32 Å². The van der Waals surface area contributed by atoms with Crippen LogP contribution in [0.4, 0.5) is 10.6 Å². The van der Waals surface area contributed by atoms with Crippen LogP contribution in [-0.2, 0) is 4.74 Å². The normalized spacial score (nSPS) is 11.5. The number of nitrogens with one attached hydrogen (secondary N) is 1. The lowest BCUT2D eigenvalue weighted by atomic mass is 10.2. The molecule has 6 heteroatoms. The SMILES string of the molecule is CC(C)(C)OC(=O)Nc1cc(C=NO)ccn1. The van der Waals surface area contributed by atoms with Crippen molar-refractivity contribution in [1.29, 1.82) is 0 Å². The average Bonchev–Trinajstić information content (AvgIpc) is 2.15. The summed E-state index contributed by atoms with van der Waals surface area (Å²) in [7, 11) is 0. The standard InChI is InChI=1S/C11H15N3O3/c1-11(2,3)17-10(15)14-9-6-8(7-13-16)4-5-12-9/h4-7,16H,1-3H3,(H,12,14,15). The maximum Gasteiger partial charge on any atom is 0.413 e. The van der Waals surface area contributed by atoms with Gasteiger partial charge in [0.15, 0.2) is 0 Å². The van der Waals surface area contributed by atoms with Crippen LogP contribution in [0.1, 0.15) is 26.3 Å². The predicted octanol–water partition coefficient (Wildman–Crippen LogP) is 2.24. The zero-order chi connectivity index (χ0) is 12.9. The molecule has 0 bridgehead atoms. The summed E-state index contributed by atoms with van der Waals surface area (Å²) in [6.07, 6.45) is 2.15. The highest BCUT2D eigenvalue weighted by molar-refractivity contribution is 5.86. The van der Waals surface area contributed by atoms with Gasteiger partial charge < -0.3 is 9.94 Å². The van der Waals surface area contributed by atoms with Gasteiger partial charge in [0.25, 0.3) is 0 Å². The van der Waals surface area contributed by atoms with Crippen molar-refractivity contribution >= 4 is 18.1 Å². The van der Waals surface area contributed by atoms with Gasteiger partial charge in [-0.1, -0.05) is 5.16 Å². The van der Waals surface area contributed by atoms with E-state index in [0.29, 0.717) is 11.4 Å². The van der Waals surface area contributed by atoms with E-state index in [1.165, 1.54) is 12.4 Å². The van der Waals surface area contributed by atoms with E-state index < -0.39 is 11.7 Å². The first-order valence-electron chi connectivity index (χ1n) is 5.04. The monoisotopic (exact) mass is 237 g/mol. The first-order chi connectivity index (χ1) is 7.90. The molecule has 0 spiro atoms. The lowest BCUT2D eigenvalue weighted by Gasteiger charge is -2.19. The number of ether oxygens (including phenoxy) is 1. The molecule has 1 aromatic heterocycles. The molecule has 1 heterocycles. The molecule has 0 unspecified atom stereocenters. The van der Waals surface area contributed by atoms with E-state index in [2.05, 4.69) is 15.5 Å². The number of pyridine rings is 1. The minimum absolute atomic E-state index is 0.330. The van der Waals surface area contributed by atoms with Gasteiger partial charge in [0, 0.05) is 11.8 Å². The molecule has 0 saturated heterocycles. The number of carbonyl (C=O) groups is 1. The second kappa shape index (κ2) is 5.29. The third-order valence-corrected chi connectivity index (χ3v) is 1.62. The molecule has 0 aromatic carbocycles. The van der Waals surface area contributed by atoms with Gasteiger partial charge in [-0.3, -0.25) is 5.32 Å². The first kappa shape index (κ1) is 13.0. The van der Waals surface area contributed by atoms with E-state index in [4.69, 9.17) is 9.94 Å². The number of anilines is 1. The van der Waals surface area contributed by atoms with E-state index in [1.54, 1.807) is 32.9 Å². The molecule has 1 rings (SSSR count). The van der Waals surface area contributed by atoms with Crippen LogP contribution in [0.2, 0.25) is 0 Å². The number of rotatable bonds is 2. The van der Waals surface area contributed by atoms with E-state index in [1.807, 2.05) is 0 Å². The second-order valence-electron chi connectivity index (χ2n) is 4.35. The molecule has 17 heavy (non-hydrogen) atoms. The first-order valence-corrected chi connectivity index (χ1v) is 5.04. The third kappa shape index (κ3) is 4.96. The third-order valence-electron chi connectivity index (χ3n) is 1.62. The molecule has 0 radical (unpaired) electrons. The Labute approximate surface area is 99.3 Å². The Bertz CT molecular complexity index is 424. The molecule has 0 saturated carbocycles. The molecule has 2 N–H and O–H groups in total. The van der Waals surface area contributed by atoms with Gasteiger partial charge in [-0.25, -0.2) is 9.78 Å². The quantitative estimate of drug-likeness (QED) is 0.469. The molecule has 0 atom stereocenters. The zero-order valence-corrected chi connectivity index (χ0v) is 9.97. The van der Waals surface area contributed by atoms with Crippen molar-refractivity contribution in [1.82, 2.24) is 4.98 Å².